The van der Waals surface area contributed by atoms with E-state index in [-0.39, 0.29) is 0 Å². The molecule has 0 fully saturated rings. The van der Waals surface area contributed by atoms with Crippen LogP contribution in [0.5, 0.6) is 0 Å². The van der Waals surface area contributed by atoms with Crippen LogP contribution in [0.25, 0.3) is 6.08 Å². The van der Waals surface area contributed by atoms with Crippen molar-refractivity contribution in [3.05, 3.63) is 35.9 Å². The van der Waals surface area contributed by atoms with Gasteiger partial charge in [0.2, 0.25) is 0 Å². The lowest BCUT2D eigenvalue weighted by molar-refractivity contribution is 0.601. The van der Waals surface area contributed by atoms with Crippen LogP contribution < -0.4 is 0 Å². The fraction of sp³-hybridized carbons (Fsp3) is 0.273. The van der Waals surface area contributed by atoms with E-state index in [1.54, 1.807) is 18.2 Å². The molecule has 0 radical (unpaired) electrons. The van der Waals surface area contributed by atoms with Gasteiger partial charge in [0.05, 0.1) is 4.90 Å². The summed E-state index contributed by atoms with van der Waals surface area (Å²) in [7, 11) is -3.14. The number of rotatable bonds is 4. The highest BCUT2D eigenvalue weighted by Gasteiger charge is 2.09. The minimum Gasteiger partial charge on any atom is -0.224 e. The number of benzene rings is 1. The number of sulfone groups is 1. The summed E-state index contributed by atoms with van der Waals surface area (Å²) in [6.07, 6.45) is 5.81. The first-order chi connectivity index (χ1) is 7.05. The molecular weight excluding hydrogens is 228 g/mol. The monoisotopic (exact) mass is 242 g/mol. The second-order valence-electron chi connectivity index (χ2n) is 3.22. The summed E-state index contributed by atoms with van der Waals surface area (Å²) in [5.74, 6) is 0.761. The van der Waals surface area contributed by atoms with Gasteiger partial charge in [-0.3, -0.25) is 0 Å². The molecule has 0 heterocycles. The Hall–Kier alpha value is -0.740. The van der Waals surface area contributed by atoms with Crippen LogP contribution in [0.15, 0.2) is 35.2 Å². The molecule has 0 saturated carbocycles. The van der Waals surface area contributed by atoms with Gasteiger partial charge in [0.1, 0.15) is 0 Å². The zero-order valence-electron chi connectivity index (χ0n) is 8.55. The molecule has 0 bridgehead atoms. The van der Waals surface area contributed by atoms with Gasteiger partial charge in [-0.05, 0) is 23.8 Å². The fourth-order valence-electron chi connectivity index (χ4n) is 1.24. The first-order valence-electron chi connectivity index (χ1n) is 4.62. The molecule has 0 unspecified atom stereocenters. The smallest absolute Gasteiger partial charge is 0.176 e. The van der Waals surface area contributed by atoms with E-state index < -0.39 is 9.84 Å². The van der Waals surface area contributed by atoms with E-state index in [0.717, 1.165) is 17.7 Å². The van der Waals surface area contributed by atoms with E-state index in [2.05, 4.69) is 12.6 Å². The van der Waals surface area contributed by atoms with E-state index in [4.69, 9.17) is 0 Å². The number of thiol groups is 1. The minimum absolute atomic E-state index is 0.375. The normalized spacial score (nSPS) is 12.1. The number of allylic oxidation sites excluding steroid dienone is 1. The van der Waals surface area contributed by atoms with Crippen molar-refractivity contribution < 1.29 is 8.42 Å². The average Bonchev–Trinajstić information content (AvgIpc) is 2.17. The van der Waals surface area contributed by atoms with E-state index in [9.17, 15) is 8.42 Å². The van der Waals surface area contributed by atoms with Gasteiger partial charge >= 0.3 is 0 Å². The Morgan fingerprint density at radius 1 is 1.33 bits per heavy atom. The topological polar surface area (TPSA) is 34.1 Å². The van der Waals surface area contributed by atoms with Gasteiger partial charge in [-0.2, -0.15) is 12.6 Å². The summed E-state index contributed by atoms with van der Waals surface area (Å²) in [6, 6.07) is 6.97. The molecule has 0 saturated heterocycles. The molecule has 0 spiro atoms. The van der Waals surface area contributed by atoms with Crippen LogP contribution in [-0.4, -0.2) is 20.4 Å². The molecule has 0 aliphatic carbocycles. The first kappa shape index (κ1) is 12.3. The third-order valence-electron chi connectivity index (χ3n) is 1.91. The molecule has 0 atom stereocenters. The van der Waals surface area contributed by atoms with Gasteiger partial charge in [-0.25, -0.2) is 8.42 Å². The lowest BCUT2D eigenvalue weighted by Crippen LogP contribution is -1.99. The summed E-state index contributed by atoms with van der Waals surface area (Å²) >= 11 is 4.08. The predicted octanol–water partition coefficient (Wildman–Crippen LogP) is 2.42. The van der Waals surface area contributed by atoms with Crippen LogP contribution in [-0.2, 0) is 9.84 Å². The Bertz CT molecular complexity index is 447. The van der Waals surface area contributed by atoms with Crippen molar-refractivity contribution in [3.63, 3.8) is 0 Å². The van der Waals surface area contributed by atoms with Gasteiger partial charge in [-0.1, -0.05) is 30.4 Å². The molecule has 2 nitrogen and oxygen atoms in total. The Morgan fingerprint density at radius 3 is 2.60 bits per heavy atom. The van der Waals surface area contributed by atoms with Crippen molar-refractivity contribution in [3.8, 4) is 0 Å². The van der Waals surface area contributed by atoms with Crippen molar-refractivity contribution in [1.82, 2.24) is 0 Å². The highest BCUT2D eigenvalue weighted by molar-refractivity contribution is 7.90. The summed E-state index contributed by atoms with van der Waals surface area (Å²) in [5.41, 5.74) is 0.738. The molecule has 1 rings (SSSR count). The Balaban J connectivity index is 3.08. The molecule has 1 aromatic carbocycles. The van der Waals surface area contributed by atoms with E-state index in [1.807, 2.05) is 18.2 Å². The Labute approximate surface area is 96.3 Å². The van der Waals surface area contributed by atoms with Crippen LogP contribution in [0.2, 0.25) is 0 Å². The highest BCUT2D eigenvalue weighted by atomic mass is 32.2. The van der Waals surface area contributed by atoms with Crippen molar-refractivity contribution in [2.75, 3.05) is 12.0 Å². The van der Waals surface area contributed by atoms with Crippen molar-refractivity contribution >= 4 is 28.5 Å². The lowest BCUT2D eigenvalue weighted by Gasteiger charge is -2.02. The first-order valence-corrected chi connectivity index (χ1v) is 7.14. The molecule has 82 valence electrons. The second-order valence-corrected chi connectivity index (χ2v) is 5.66. The molecule has 0 N–H and O–H groups in total. The molecule has 4 heteroatoms. The molecular formula is C11H14O2S2. The number of hydrogen-bond acceptors (Lipinski definition) is 3. The minimum atomic E-state index is -3.14. The fourth-order valence-corrected chi connectivity index (χ4v) is 2.28. The molecule has 0 aromatic heterocycles. The van der Waals surface area contributed by atoms with Crippen LogP contribution in [0, 0.1) is 0 Å². The SMILES string of the molecule is CS(=O)(=O)c1ccccc1C=CCCS. The molecule has 0 amide bonds. The van der Waals surface area contributed by atoms with Crippen LogP contribution >= 0.6 is 12.6 Å². The lowest BCUT2D eigenvalue weighted by atomic mass is 10.2. The summed E-state index contributed by atoms with van der Waals surface area (Å²) in [4.78, 5) is 0.375. The summed E-state index contributed by atoms with van der Waals surface area (Å²) in [5, 5.41) is 0. The zero-order chi connectivity index (χ0) is 11.3. The van der Waals surface area contributed by atoms with Crippen LogP contribution in [0.4, 0.5) is 0 Å². The van der Waals surface area contributed by atoms with Crippen molar-refractivity contribution in [1.29, 1.82) is 0 Å². The zero-order valence-corrected chi connectivity index (χ0v) is 10.3. The van der Waals surface area contributed by atoms with Crippen LogP contribution in [0.3, 0.4) is 0 Å². The Kier molecular flexibility index (Phi) is 4.42. The second kappa shape index (κ2) is 5.37. The van der Waals surface area contributed by atoms with Gasteiger partial charge < -0.3 is 0 Å². The largest absolute Gasteiger partial charge is 0.224 e. The molecule has 0 aliphatic rings. The van der Waals surface area contributed by atoms with Crippen molar-refractivity contribution in [2.24, 2.45) is 0 Å². The quantitative estimate of drug-likeness (QED) is 0.823. The summed E-state index contributed by atoms with van der Waals surface area (Å²) in [6.45, 7) is 0. The number of hydrogen-bond donors (Lipinski definition) is 1. The van der Waals surface area contributed by atoms with E-state index in [0.29, 0.717) is 4.90 Å². The maximum absolute atomic E-state index is 11.4. The molecule has 0 aliphatic heterocycles. The Morgan fingerprint density at radius 2 is 2.00 bits per heavy atom. The third-order valence-corrected chi connectivity index (χ3v) is 3.34. The van der Waals surface area contributed by atoms with Gasteiger partial charge in [0, 0.05) is 6.26 Å². The van der Waals surface area contributed by atoms with E-state index >= 15 is 0 Å². The third kappa shape index (κ3) is 3.72. The predicted molar refractivity (Wildman–Crippen MR) is 67.1 cm³/mol. The van der Waals surface area contributed by atoms with Gasteiger partial charge in [0.15, 0.2) is 9.84 Å². The highest BCUT2D eigenvalue weighted by Crippen LogP contribution is 2.16. The van der Waals surface area contributed by atoms with Gasteiger partial charge in [-0.15, -0.1) is 0 Å². The summed E-state index contributed by atoms with van der Waals surface area (Å²) < 4.78 is 22.9. The van der Waals surface area contributed by atoms with Crippen LogP contribution in [0.1, 0.15) is 12.0 Å². The van der Waals surface area contributed by atoms with E-state index in [1.165, 1.54) is 6.26 Å². The van der Waals surface area contributed by atoms with Crippen molar-refractivity contribution in [2.45, 2.75) is 11.3 Å². The van der Waals surface area contributed by atoms with Gasteiger partial charge in [0.25, 0.3) is 0 Å². The maximum Gasteiger partial charge on any atom is 0.176 e. The molecule has 1 aromatic rings. The average molecular weight is 242 g/mol. The molecule has 15 heavy (non-hydrogen) atoms. The standard InChI is InChI=1S/C11H14O2S2/c1-15(12,13)11-8-3-2-6-10(11)7-4-5-9-14/h2-4,6-8,14H,5,9H2,1H3. The maximum atomic E-state index is 11.4.